The molecule has 0 radical (unpaired) electrons. The average Bonchev–Trinajstić information content (AvgIpc) is 3.01. The second-order valence-electron chi connectivity index (χ2n) is 9.62. The normalized spacial score (nSPS) is 11.4. The molecule has 14 nitrogen and oxygen atoms in total. The van der Waals surface area contributed by atoms with E-state index < -0.39 is 22.1 Å². The first kappa shape index (κ1) is 37.5. The number of aromatic hydroxyl groups is 1. The monoisotopic (exact) mass is 670 g/mol. The highest BCUT2D eigenvalue weighted by Crippen LogP contribution is 2.29. The Balaban J connectivity index is 0.00000142. The lowest BCUT2D eigenvalue weighted by Gasteiger charge is -2.10. The number of carbonyl (C=O) groups is 3. The number of pyridine rings is 1. The SMILES string of the molecule is COc1cc(C=CC(=O)C=C(O)C=Cc2ccc(OC(=O)OC[n+]3cccc(C(=O)N(C)C)c3)c(OC)c2)ccc1O.CS(=O)(=O)[O-]. The molecule has 0 bridgehead atoms. The zero-order valence-electron chi connectivity index (χ0n) is 26.1. The highest BCUT2D eigenvalue weighted by Gasteiger charge is 2.16. The molecule has 0 aliphatic carbocycles. The molecule has 2 aromatic carbocycles. The van der Waals surface area contributed by atoms with E-state index in [4.69, 9.17) is 31.9 Å². The van der Waals surface area contributed by atoms with Crippen molar-refractivity contribution in [2.45, 2.75) is 6.73 Å². The highest BCUT2D eigenvalue weighted by atomic mass is 32.2. The van der Waals surface area contributed by atoms with Crippen molar-refractivity contribution in [1.82, 2.24) is 4.90 Å². The Bertz CT molecular complexity index is 1770. The molecule has 0 fully saturated rings. The lowest BCUT2D eigenvalue weighted by molar-refractivity contribution is -0.727. The van der Waals surface area contributed by atoms with E-state index in [0.29, 0.717) is 22.9 Å². The molecule has 1 aromatic heterocycles. The number of hydrogen-bond donors (Lipinski definition) is 2. The van der Waals surface area contributed by atoms with Gasteiger partial charge in [-0.2, -0.15) is 4.57 Å². The maximum Gasteiger partial charge on any atom is 0.518 e. The van der Waals surface area contributed by atoms with Crippen molar-refractivity contribution in [2.75, 3.05) is 34.6 Å². The van der Waals surface area contributed by atoms with Crippen LogP contribution < -0.4 is 18.8 Å². The smallest absolute Gasteiger partial charge is 0.518 e. The standard InChI is InChI=1S/C31H30N2O9.CH4O3S/c1-32(2)30(37)23-6-5-15-33(19-23)20-41-31(38)42-27-14-10-22(17-29(27)40-4)8-12-25(35)18-24(34)11-7-21-9-13-26(36)28(16-21)39-3;1-5(2,3)4/h5-19H,20H2,1-4H3,(H-,34,35,36);1H3,(H,2,3,4). The van der Waals surface area contributed by atoms with Crippen molar-refractivity contribution in [3.05, 3.63) is 102 Å². The van der Waals surface area contributed by atoms with Gasteiger partial charge in [0.1, 0.15) is 11.3 Å². The number of aliphatic hydroxyl groups excluding tert-OH is 1. The summed E-state index contributed by atoms with van der Waals surface area (Å²) in [5.41, 5.74) is 1.65. The van der Waals surface area contributed by atoms with Gasteiger partial charge in [-0.1, -0.05) is 24.3 Å². The van der Waals surface area contributed by atoms with E-state index in [0.717, 1.165) is 6.08 Å². The van der Waals surface area contributed by atoms with Crippen LogP contribution >= 0.6 is 0 Å². The fraction of sp³-hybridized carbons (Fsp3) is 0.188. The molecule has 15 heteroatoms. The van der Waals surface area contributed by atoms with Gasteiger partial charge in [-0.15, -0.1) is 0 Å². The molecule has 3 rings (SSSR count). The van der Waals surface area contributed by atoms with E-state index in [1.807, 2.05) is 0 Å². The second kappa shape index (κ2) is 17.7. The number of methoxy groups -OCH3 is 2. The predicted molar refractivity (Wildman–Crippen MR) is 169 cm³/mol. The summed E-state index contributed by atoms with van der Waals surface area (Å²) in [7, 11) is 2.18. The summed E-state index contributed by atoms with van der Waals surface area (Å²) < 4.78 is 49.5. The summed E-state index contributed by atoms with van der Waals surface area (Å²) in [6.45, 7) is -0.181. The van der Waals surface area contributed by atoms with Gasteiger partial charge >= 0.3 is 6.16 Å². The molecule has 0 aliphatic rings. The minimum atomic E-state index is -3.92. The number of amides is 1. The first-order valence-electron chi connectivity index (χ1n) is 13.4. The fourth-order valence-corrected chi connectivity index (χ4v) is 3.51. The van der Waals surface area contributed by atoms with Crippen LogP contribution in [0.3, 0.4) is 0 Å². The number of phenolic OH excluding ortho intramolecular Hbond substituents is 1. The summed E-state index contributed by atoms with van der Waals surface area (Å²) in [5.74, 6) is -0.350. The number of ether oxygens (including phenoxy) is 4. The number of rotatable bonds is 11. The molecule has 2 N–H and O–H groups in total. The Morgan fingerprint density at radius 1 is 0.936 bits per heavy atom. The largest absolute Gasteiger partial charge is 0.748 e. The third kappa shape index (κ3) is 13.9. The van der Waals surface area contributed by atoms with Gasteiger partial charge in [0.05, 0.1) is 24.3 Å². The van der Waals surface area contributed by atoms with Crippen molar-refractivity contribution < 1.29 is 61.1 Å². The van der Waals surface area contributed by atoms with Gasteiger partial charge in [-0.3, -0.25) is 9.59 Å². The van der Waals surface area contributed by atoms with Crippen LogP contribution in [0.2, 0.25) is 0 Å². The second-order valence-corrected chi connectivity index (χ2v) is 11.0. The van der Waals surface area contributed by atoms with E-state index in [2.05, 4.69) is 0 Å². The van der Waals surface area contributed by atoms with Crippen LogP contribution in [0.15, 0.2) is 84.9 Å². The van der Waals surface area contributed by atoms with Crippen LogP contribution in [0.25, 0.3) is 12.2 Å². The van der Waals surface area contributed by atoms with Crippen molar-refractivity contribution in [2.24, 2.45) is 0 Å². The van der Waals surface area contributed by atoms with Crippen molar-refractivity contribution in [3.8, 4) is 23.0 Å². The molecular formula is C32H34N2O12S. The maximum atomic E-state index is 12.3. The number of carbonyl (C=O) groups excluding carboxylic acids is 3. The van der Waals surface area contributed by atoms with E-state index in [-0.39, 0.29) is 41.4 Å². The molecule has 0 spiro atoms. The van der Waals surface area contributed by atoms with Gasteiger partial charge in [0.25, 0.3) is 12.6 Å². The number of nitrogens with zero attached hydrogens (tertiary/aromatic N) is 2. The highest BCUT2D eigenvalue weighted by molar-refractivity contribution is 7.84. The minimum Gasteiger partial charge on any atom is -0.748 e. The van der Waals surface area contributed by atoms with E-state index in [1.165, 1.54) is 60.1 Å². The lowest BCUT2D eigenvalue weighted by Crippen LogP contribution is -2.37. The van der Waals surface area contributed by atoms with Crippen LogP contribution in [0.4, 0.5) is 4.79 Å². The summed E-state index contributed by atoms with van der Waals surface area (Å²) in [6.07, 6.45) is 9.51. The van der Waals surface area contributed by atoms with E-state index >= 15 is 0 Å². The fourth-order valence-electron chi connectivity index (χ4n) is 3.51. The van der Waals surface area contributed by atoms with Gasteiger partial charge in [0.15, 0.2) is 41.2 Å². The van der Waals surface area contributed by atoms with Crippen LogP contribution in [0.5, 0.6) is 23.0 Å². The topological polar surface area (TPSA) is 193 Å². The van der Waals surface area contributed by atoms with Crippen LogP contribution in [0, 0.1) is 0 Å². The van der Waals surface area contributed by atoms with E-state index in [9.17, 15) is 24.6 Å². The van der Waals surface area contributed by atoms with Crippen LogP contribution in [-0.4, -0.2) is 80.5 Å². The predicted octanol–water partition coefficient (Wildman–Crippen LogP) is 3.47. The Morgan fingerprint density at radius 2 is 1.53 bits per heavy atom. The number of aliphatic hydroxyl groups is 1. The Labute approximate surface area is 271 Å². The number of benzene rings is 2. The first-order valence-corrected chi connectivity index (χ1v) is 15.2. The Hall–Kier alpha value is -5.67. The first-order chi connectivity index (χ1) is 22.1. The Kier molecular flexibility index (Phi) is 14.1. The lowest BCUT2D eigenvalue weighted by atomic mass is 10.1. The van der Waals surface area contributed by atoms with Gasteiger partial charge in [-0.25, -0.2) is 13.2 Å². The van der Waals surface area contributed by atoms with Crippen molar-refractivity contribution in [1.29, 1.82) is 0 Å². The molecule has 1 heterocycles. The molecule has 0 saturated carbocycles. The minimum absolute atomic E-state index is 0.0177. The van der Waals surface area contributed by atoms with Gasteiger partial charge in [0, 0.05) is 32.5 Å². The Morgan fingerprint density at radius 3 is 2.15 bits per heavy atom. The zero-order valence-corrected chi connectivity index (χ0v) is 27.0. The summed E-state index contributed by atoms with van der Waals surface area (Å²) in [4.78, 5) is 38.0. The molecule has 1 amide bonds. The number of phenols is 1. The summed E-state index contributed by atoms with van der Waals surface area (Å²) in [6, 6.07) is 12.6. The van der Waals surface area contributed by atoms with Crippen molar-refractivity contribution >= 4 is 40.1 Å². The number of ketones is 1. The van der Waals surface area contributed by atoms with Crippen LogP contribution in [-0.2, 0) is 26.4 Å². The molecular weight excluding hydrogens is 636 g/mol. The molecule has 3 aromatic rings. The van der Waals surface area contributed by atoms with Gasteiger partial charge in [0.2, 0.25) is 0 Å². The maximum absolute atomic E-state index is 12.3. The van der Waals surface area contributed by atoms with Crippen molar-refractivity contribution in [3.63, 3.8) is 0 Å². The molecule has 250 valence electrons. The quantitative estimate of drug-likeness (QED) is 0.0575. The van der Waals surface area contributed by atoms with Crippen LogP contribution in [0.1, 0.15) is 21.5 Å². The molecule has 0 saturated heterocycles. The molecule has 0 atom stereocenters. The molecule has 47 heavy (non-hydrogen) atoms. The number of hydrogen-bond acceptors (Lipinski definition) is 12. The number of aromatic nitrogens is 1. The molecule has 0 unspecified atom stereocenters. The van der Waals surface area contributed by atoms with E-state index in [1.54, 1.807) is 62.9 Å². The van der Waals surface area contributed by atoms with Gasteiger partial charge < -0.3 is 38.6 Å². The third-order valence-corrected chi connectivity index (χ3v) is 5.60. The number of allylic oxidation sites excluding steroid dienone is 3. The third-order valence-electron chi connectivity index (χ3n) is 5.60. The molecule has 0 aliphatic heterocycles. The zero-order chi connectivity index (χ0) is 35.1. The summed E-state index contributed by atoms with van der Waals surface area (Å²) >= 11 is 0. The average molecular weight is 671 g/mol. The summed E-state index contributed by atoms with van der Waals surface area (Å²) in [5, 5.41) is 19.8. The van der Waals surface area contributed by atoms with Gasteiger partial charge in [-0.05, 0) is 53.6 Å².